The minimum atomic E-state index is 0.105. The summed E-state index contributed by atoms with van der Waals surface area (Å²) in [4.78, 5) is 15.1. The van der Waals surface area contributed by atoms with Crippen molar-refractivity contribution >= 4 is 12.5 Å². The molecule has 1 aliphatic rings. The maximum Gasteiger partial charge on any atom is 0.153 e. The Morgan fingerprint density at radius 3 is 2.89 bits per heavy atom. The molecule has 0 saturated heterocycles. The second kappa shape index (κ2) is 7.43. The van der Waals surface area contributed by atoms with Gasteiger partial charge in [-0.2, -0.15) is 0 Å². The highest BCUT2D eigenvalue weighted by Crippen LogP contribution is 2.23. The zero-order chi connectivity index (χ0) is 13.4. The molecule has 1 N–H and O–H groups in total. The first-order valence-electron chi connectivity index (χ1n) is 6.13. The van der Waals surface area contributed by atoms with Gasteiger partial charge in [-0.3, -0.25) is 9.79 Å². The van der Waals surface area contributed by atoms with E-state index in [4.69, 9.17) is 0 Å². The normalized spacial score (nSPS) is 17.0. The molecular weight excluding hydrogens is 226 g/mol. The van der Waals surface area contributed by atoms with E-state index in [2.05, 4.69) is 4.99 Å². The first-order chi connectivity index (χ1) is 8.72. The third-order valence-electron chi connectivity index (χ3n) is 2.75. The van der Waals surface area contributed by atoms with Crippen molar-refractivity contribution in [3.63, 3.8) is 0 Å². The molecule has 0 aromatic carbocycles. The van der Waals surface area contributed by atoms with Gasteiger partial charge in [0.15, 0.2) is 6.29 Å². The number of rotatable bonds is 5. The average Bonchev–Trinajstić information content (AvgIpc) is 2.54. The van der Waals surface area contributed by atoms with E-state index in [9.17, 15) is 9.90 Å². The summed E-state index contributed by atoms with van der Waals surface area (Å²) in [6.45, 7) is 3.87. The van der Waals surface area contributed by atoms with Gasteiger partial charge in [0.25, 0.3) is 0 Å². The van der Waals surface area contributed by atoms with Crippen molar-refractivity contribution in [2.45, 2.75) is 33.1 Å². The lowest BCUT2D eigenvalue weighted by molar-refractivity contribution is -0.104. The van der Waals surface area contributed by atoms with Gasteiger partial charge < -0.3 is 5.11 Å². The zero-order valence-electron chi connectivity index (χ0n) is 10.9. The minimum Gasteiger partial charge on any atom is -0.507 e. The highest BCUT2D eigenvalue weighted by Gasteiger charge is 2.11. The maximum atomic E-state index is 11.0. The van der Waals surface area contributed by atoms with Crippen LogP contribution in [0, 0.1) is 0 Å². The van der Waals surface area contributed by atoms with Gasteiger partial charge in [0.1, 0.15) is 5.76 Å². The minimum absolute atomic E-state index is 0.105. The quantitative estimate of drug-likeness (QED) is 0.593. The molecule has 0 saturated carbocycles. The van der Waals surface area contributed by atoms with Crippen LogP contribution in [0.5, 0.6) is 0 Å². The number of hydrogen-bond donors (Lipinski definition) is 1. The number of allylic oxidation sites excluding steroid dienone is 6. The Morgan fingerprint density at radius 1 is 1.50 bits per heavy atom. The van der Waals surface area contributed by atoms with Crippen LogP contribution in [-0.4, -0.2) is 17.6 Å². The van der Waals surface area contributed by atoms with Crippen LogP contribution < -0.4 is 0 Å². The van der Waals surface area contributed by atoms with Crippen LogP contribution in [0.25, 0.3) is 0 Å². The number of carbonyl (C=O) groups is 1. The zero-order valence-corrected chi connectivity index (χ0v) is 10.9. The van der Waals surface area contributed by atoms with Crippen molar-refractivity contribution in [3.05, 3.63) is 46.9 Å². The highest BCUT2D eigenvalue weighted by molar-refractivity contribution is 5.81. The molecule has 0 amide bonds. The summed E-state index contributed by atoms with van der Waals surface area (Å²) in [6.07, 6.45) is 12.0. The van der Waals surface area contributed by atoms with Crippen molar-refractivity contribution < 1.29 is 9.90 Å². The molecule has 0 heterocycles. The summed E-state index contributed by atoms with van der Waals surface area (Å²) < 4.78 is 0. The molecule has 0 fully saturated rings. The third kappa shape index (κ3) is 3.84. The van der Waals surface area contributed by atoms with Crippen molar-refractivity contribution in [2.75, 3.05) is 0 Å². The Bertz CT molecular complexity index is 451. The molecule has 0 radical (unpaired) electrons. The molecule has 0 aromatic heterocycles. The van der Waals surface area contributed by atoms with Crippen molar-refractivity contribution in [2.24, 2.45) is 4.99 Å². The Labute approximate surface area is 108 Å². The third-order valence-corrected chi connectivity index (χ3v) is 2.75. The van der Waals surface area contributed by atoms with E-state index in [1.807, 2.05) is 26.0 Å². The number of aliphatic hydroxyl groups excluding tert-OH is 1. The molecule has 0 aromatic rings. The Balaban J connectivity index is 2.90. The molecule has 0 spiro atoms. The fourth-order valence-corrected chi connectivity index (χ4v) is 1.74. The Morgan fingerprint density at radius 2 is 2.28 bits per heavy atom. The summed E-state index contributed by atoms with van der Waals surface area (Å²) in [5.41, 5.74) is 2.25. The SMILES string of the molecule is C/C=C\N=C/CC1=CC(C=O)=C(O)C(CC)=CC1. The van der Waals surface area contributed by atoms with Crippen LogP contribution in [0.4, 0.5) is 0 Å². The summed E-state index contributed by atoms with van der Waals surface area (Å²) in [7, 11) is 0. The summed E-state index contributed by atoms with van der Waals surface area (Å²) in [5, 5.41) is 9.93. The molecule has 0 unspecified atom stereocenters. The highest BCUT2D eigenvalue weighted by atomic mass is 16.3. The lowest BCUT2D eigenvalue weighted by Gasteiger charge is -2.02. The van der Waals surface area contributed by atoms with Crippen molar-refractivity contribution in [3.8, 4) is 0 Å². The lowest BCUT2D eigenvalue weighted by atomic mass is 10.1. The molecule has 0 atom stereocenters. The maximum absolute atomic E-state index is 11.0. The number of aliphatic hydroxyl groups is 1. The van der Waals surface area contributed by atoms with Gasteiger partial charge in [0, 0.05) is 18.8 Å². The van der Waals surface area contributed by atoms with Gasteiger partial charge in [0.2, 0.25) is 0 Å². The van der Waals surface area contributed by atoms with Crippen LogP contribution in [0.2, 0.25) is 0 Å². The van der Waals surface area contributed by atoms with E-state index in [1.165, 1.54) is 0 Å². The fraction of sp³-hybridized carbons (Fsp3) is 0.333. The number of aldehydes is 1. The van der Waals surface area contributed by atoms with E-state index in [-0.39, 0.29) is 5.76 Å². The van der Waals surface area contributed by atoms with Crippen LogP contribution >= 0.6 is 0 Å². The number of carbonyl (C=O) groups excluding carboxylic acids is 1. The smallest absolute Gasteiger partial charge is 0.153 e. The second-order valence-electron chi connectivity index (χ2n) is 4.03. The Kier molecular flexibility index (Phi) is 5.85. The predicted molar refractivity (Wildman–Crippen MR) is 74.7 cm³/mol. The standard InChI is InChI=1S/C15H19NO2/c1-3-8-16-9-7-12-5-6-13(4-2)15(18)14(10-12)11-17/h3,6,8-11,18H,4-5,7H2,1-2H3/b8-3-,16-9-. The van der Waals surface area contributed by atoms with Crippen LogP contribution in [0.3, 0.4) is 0 Å². The Hall–Kier alpha value is -1.90. The molecule has 3 nitrogen and oxygen atoms in total. The van der Waals surface area contributed by atoms with Crippen molar-refractivity contribution in [1.82, 2.24) is 0 Å². The van der Waals surface area contributed by atoms with E-state index in [1.54, 1.807) is 18.5 Å². The monoisotopic (exact) mass is 245 g/mol. The number of aliphatic imine (C=N–C) groups is 1. The van der Waals surface area contributed by atoms with E-state index in [0.717, 1.165) is 24.0 Å². The number of nitrogens with zero attached hydrogens (tertiary/aromatic N) is 1. The molecule has 3 heteroatoms. The molecule has 1 rings (SSSR count). The molecule has 0 bridgehead atoms. The second-order valence-corrected chi connectivity index (χ2v) is 4.03. The number of hydrogen-bond acceptors (Lipinski definition) is 3. The molecule has 18 heavy (non-hydrogen) atoms. The first-order valence-corrected chi connectivity index (χ1v) is 6.13. The molecular formula is C15H19NO2. The summed E-state index contributed by atoms with van der Waals surface area (Å²) in [6, 6.07) is 0. The molecule has 0 aliphatic heterocycles. The predicted octanol–water partition coefficient (Wildman–Crippen LogP) is 3.66. The topological polar surface area (TPSA) is 49.7 Å². The van der Waals surface area contributed by atoms with Gasteiger partial charge in [-0.1, -0.05) is 24.6 Å². The molecule has 96 valence electrons. The summed E-state index contributed by atoms with van der Waals surface area (Å²) >= 11 is 0. The van der Waals surface area contributed by atoms with E-state index in [0.29, 0.717) is 18.3 Å². The van der Waals surface area contributed by atoms with Gasteiger partial charge >= 0.3 is 0 Å². The van der Waals surface area contributed by atoms with Crippen LogP contribution in [0.1, 0.15) is 33.1 Å². The van der Waals surface area contributed by atoms with Gasteiger partial charge in [-0.25, -0.2) is 0 Å². The average molecular weight is 245 g/mol. The molecule has 1 aliphatic carbocycles. The lowest BCUT2D eigenvalue weighted by Crippen LogP contribution is -1.93. The first kappa shape index (κ1) is 14.2. The van der Waals surface area contributed by atoms with Crippen LogP contribution in [-0.2, 0) is 4.79 Å². The largest absolute Gasteiger partial charge is 0.507 e. The summed E-state index contributed by atoms with van der Waals surface area (Å²) in [5.74, 6) is 0.105. The fourth-order valence-electron chi connectivity index (χ4n) is 1.74. The van der Waals surface area contributed by atoms with Crippen LogP contribution in [0.15, 0.2) is 51.9 Å². The van der Waals surface area contributed by atoms with Gasteiger partial charge in [-0.05, 0) is 31.4 Å². The van der Waals surface area contributed by atoms with Gasteiger partial charge in [0.05, 0.1) is 5.57 Å². The van der Waals surface area contributed by atoms with E-state index >= 15 is 0 Å². The van der Waals surface area contributed by atoms with Crippen molar-refractivity contribution in [1.29, 1.82) is 0 Å². The van der Waals surface area contributed by atoms with E-state index < -0.39 is 0 Å². The van der Waals surface area contributed by atoms with Gasteiger partial charge in [-0.15, -0.1) is 0 Å².